The third-order valence-electron chi connectivity index (χ3n) is 4.23. The van der Waals surface area contributed by atoms with Gasteiger partial charge in [-0.05, 0) is 36.4 Å². The minimum Gasteiger partial charge on any atom is -0.407 e. The van der Waals surface area contributed by atoms with Crippen LogP contribution in [0.5, 0.6) is 17.2 Å². The Morgan fingerprint density at radius 3 is 1.61 bits per heavy atom. The zero-order valence-electron chi connectivity index (χ0n) is 14.9. The van der Waals surface area contributed by atoms with E-state index >= 15 is 0 Å². The number of halogens is 7. The van der Waals surface area contributed by atoms with Gasteiger partial charge in [-0.25, -0.2) is 0 Å². The monoisotopic (exact) mass is 592 g/mol. The molecule has 31 heavy (non-hydrogen) atoms. The summed E-state index contributed by atoms with van der Waals surface area (Å²) in [6, 6.07) is 9.41. The van der Waals surface area contributed by atoms with Crippen LogP contribution in [-0.4, -0.2) is 0 Å². The quantitative estimate of drug-likeness (QED) is 0.218. The molecule has 4 rings (SSSR count). The molecule has 0 amide bonds. The van der Waals surface area contributed by atoms with Crippen LogP contribution in [0.4, 0.5) is 0 Å². The van der Waals surface area contributed by atoms with E-state index in [1.54, 1.807) is 24.3 Å². The van der Waals surface area contributed by atoms with E-state index in [9.17, 15) is 0 Å². The van der Waals surface area contributed by atoms with Gasteiger partial charge in [0.25, 0.3) is 0 Å². The van der Waals surface area contributed by atoms with Crippen molar-refractivity contribution < 1.29 is 13.6 Å². The topological polar surface area (TPSA) is 27.7 Å². The molecule has 162 valence electrons. The molecule has 0 fully saturated rings. The van der Waals surface area contributed by atoms with Gasteiger partial charge in [-0.15, -0.1) is 0 Å². The first-order valence-corrected chi connectivity index (χ1v) is 13.6. The SMILES string of the molecule is S=P1(Oc2ccc(Cl)cc2)Oc2c(Cl)cc(Cl)c(Cl)c2Cc2c(Cl)c(Cl)cc(Cl)c2O1. The average Bonchev–Trinajstić information content (AvgIpc) is 2.69. The predicted molar refractivity (Wildman–Crippen MR) is 133 cm³/mol. The number of hydrogen-bond donors (Lipinski definition) is 0. The van der Waals surface area contributed by atoms with E-state index < -0.39 is 6.72 Å². The minimum atomic E-state index is -3.59. The molecule has 0 bridgehead atoms. The van der Waals surface area contributed by atoms with Crippen LogP contribution in [0.2, 0.25) is 35.2 Å². The smallest absolute Gasteiger partial charge is 0.407 e. The normalized spacial score (nSPS) is 14.4. The van der Waals surface area contributed by atoms with E-state index in [0.717, 1.165) is 0 Å². The third kappa shape index (κ3) is 4.84. The van der Waals surface area contributed by atoms with Gasteiger partial charge in [0.05, 0.1) is 30.1 Å². The molecule has 1 heterocycles. The maximum atomic E-state index is 6.48. The predicted octanol–water partition coefficient (Wildman–Crippen LogP) is 9.93. The van der Waals surface area contributed by atoms with Gasteiger partial charge >= 0.3 is 6.72 Å². The van der Waals surface area contributed by atoms with Gasteiger partial charge in [-0.1, -0.05) is 81.2 Å². The highest BCUT2D eigenvalue weighted by atomic mass is 35.5. The molecule has 3 aromatic rings. The lowest BCUT2D eigenvalue weighted by atomic mass is 10.0. The van der Waals surface area contributed by atoms with Crippen molar-refractivity contribution in [3.8, 4) is 17.2 Å². The summed E-state index contributed by atoms with van der Waals surface area (Å²) in [7, 11) is 0. The van der Waals surface area contributed by atoms with E-state index in [4.69, 9.17) is 107 Å². The summed E-state index contributed by atoms with van der Waals surface area (Å²) in [6.07, 6.45) is 0.124. The van der Waals surface area contributed by atoms with Crippen molar-refractivity contribution in [3.05, 3.63) is 82.7 Å². The molecule has 0 unspecified atom stereocenters. The highest BCUT2D eigenvalue weighted by Crippen LogP contribution is 2.58. The molecule has 0 saturated carbocycles. The van der Waals surface area contributed by atoms with Gasteiger partial charge in [-0.3, -0.25) is 0 Å². The fraction of sp³-hybridized carbons (Fsp3) is 0.0526. The lowest BCUT2D eigenvalue weighted by molar-refractivity contribution is 0.377. The maximum absolute atomic E-state index is 6.48. The maximum Gasteiger partial charge on any atom is 0.490 e. The molecule has 1 aliphatic heterocycles. The van der Waals surface area contributed by atoms with Crippen molar-refractivity contribution in [1.29, 1.82) is 0 Å². The van der Waals surface area contributed by atoms with Gasteiger partial charge in [0.1, 0.15) is 5.75 Å². The van der Waals surface area contributed by atoms with Crippen LogP contribution < -0.4 is 13.6 Å². The summed E-state index contributed by atoms with van der Waals surface area (Å²) >= 11 is 49.9. The summed E-state index contributed by atoms with van der Waals surface area (Å²) in [5.74, 6) is 0.709. The second kappa shape index (κ2) is 9.18. The lowest BCUT2D eigenvalue weighted by Gasteiger charge is -2.29. The molecule has 1 aliphatic rings. The summed E-state index contributed by atoms with van der Waals surface area (Å²) in [6.45, 7) is -3.59. The van der Waals surface area contributed by atoms with Gasteiger partial charge < -0.3 is 13.6 Å². The zero-order chi connectivity index (χ0) is 22.5. The summed E-state index contributed by atoms with van der Waals surface area (Å²) in [5.41, 5.74) is 0.885. The zero-order valence-corrected chi connectivity index (χ0v) is 21.9. The van der Waals surface area contributed by atoms with Crippen molar-refractivity contribution in [2.24, 2.45) is 0 Å². The fourth-order valence-electron chi connectivity index (χ4n) is 2.85. The first-order valence-electron chi connectivity index (χ1n) is 8.35. The van der Waals surface area contributed by atoms with Crippen LogP contribution in [0, 0.1) is 0 Å². The fourth-order valence-corrected chi connectivity index (χ4v) is 6.64. The molecule has 3 nitrogen and oxygen atoms in total. The van der Waals surface area contributed by atoms with Crippen LogP contribution in [0.25, 0.3) is 0 Å². The van der Waals surface area contributed by atoms with Gasteiger partial charge in [-0.2, -0.15) is 0 Å². The molecule has 3 aromatic carbocycles. The van der Waals surface area contributed by atoms with Crippen molar-refractivity contribution in [2.45, 2.75) is 6.42 Å². The molecule has 0 N–H and O–H groups in total. The van der Waals surface area contributed by atoms with Crippen LogP contribution in [0.1, 0.15) is 11.1 Å². The first kappa shape index (κ1) is 23.9. The highest BCUT2D eigenvalue weighted by Gasteiger charge is 2.36. The molecular weight excluding hydrogens is 587 g/mol. The molecule has 0 radical (unpaired) electrons. The van der Waals surface area contributed by atoms with Gasteiger partial charge in [0, 0.05) is 34.4 Å². The average molecular weight is 595 g/mol. The van der Waals surface area contributed by atoms with Crippen molar-refractivity contribution in [1.82, 2.24) is 0 Å². The van der Waals surface area contributed by atoms with Crippen molar-refractivity contribution in [3.63, 3.8) is 0 Å². The van der Waals surface area contributed by atoms with Crippen LogP contribution in [0.3, 0.4) is 0 Å². The lowest BCUT2D eigenvalue weighted by Crippen LogP contribution is -2.13. The number of rotatable bonds is 2. The Balaban J connectivity index is 1.95. The largest absolute Gasteiger partial charge is 0.490 e. The summed E-state index contributed by atoms with van der Waals surface area (Å²) in [4.78, 5) is 0. The van der Waals surface area contributed by atoms with Crippen LogP contribution in [-0.2, 0) is 18.2 Å². The van der Waals surface area contributed by atoms with E-state index in [-0.39, 0.29) is 48.1 Å². The first-order chi connectivity index (χ1) is 14.6. The van der Waals surface area contributed by atoms with E-state index in [1.165, 1.54) is 12.1 Å². The van der Waals surface area contributed by atoms with E-state index in [1.807, 2.05) is 0 Å². The Bertz CT molecular complexity index is 1180. The van der Waals surface area contributed by atoms with E-state index in [2.05, 4.69) is 0 Å². The molecule has 0 aliphatic carbocycles. The van der Waals surface area contributed by atoms with Crippen molar-refractivity contribution in [2.75, 3.05) is 0 Å². The summed E-state index contributed by atoms with van der Waals surface area (Å²) in [5, 5.41) is 1.77. The van der Waals surface area contributed by atoms with Gasteiger partial charge in [0.15, 0.2) is 11.5 Å². The van der Waals surface area contributed by atoms with Gasteiger partial charge in [0.2, 0.25) is 0 Å². The highest BCUT2D eigenvalue weighted by molar-refractivity contribution is 8.08. The summed E-state index contributed by atoms with van der Waals surface area (Å²) < 4.78 is 18.0. The molecule has 12 heteroatoms. The molecule has 0 saturated heterocycles. The second-order valence-electron chi connectivity index (χ2n) is 6.28. The minimum absolute atomic E-state index is 0.124. The Labute approximate surface area is 218 Å². The second-order valence-corrected chi connectivity index (χ2v) is 11.9. The Kier molecular flexibility index (Phi) is 7.07. The standard InChI is InChI=1S/C19H8Cl7O3PS/c20-8-1-3-9(4-2-8)27-30(31)28-18-10(16(25)12(21)6-14(18)23)5-11-17(26)13(22)7-15(24)19(11)29-30/h1-4,6-7H,5H2. The van der Waals surface area contributed by atoms with Crippen LogP contribution >= 0.6 is 87.9 Å². The molecule has 0 atom stereocenters. The molecular formula is C19H8Cl7O3PS. The number of hydrogen-bond acceptors (Lipinski definition) is 4. The van der Waals surface area contributed by atoms with Crippen LogP contribution in [0.15, 0.2) is 36.4 Å². The Morgan fingerprint density at radius 2 is 1.16 bits per heavy atom. The van der Waals surface area contributed by atoms with Crippen molar-refractivity contribution >= 4 is 99.7 Å². The molecule has 0 aromatic heterocycles. The molecule has 0 spiro atoms. The third-order valence-corrected chi connectivity index (χ3v) is 8.61. The number of fused-ring (bicyclic) bond motifs is 2. The Hall–Kier alpha value is -0.260. The number of benzene rings is 3. The van der Waals surface area contributed by atoms with E-state index in [0.29, 0.717) is 21.9 Å². The Morgan fingerprint density at radius 1 is 0.710 bits per heavy atom.